The summed E-state index contributed by atoms with van der Waals surface area (Å²) in [6, 6.07) is 0. The predicted molar refractivity (Wildman–Crippen MR) is 88.7 cm³/mol. The summed E-state index contributed by atoms with van der Waals surface area (Å²) in [5.41, 5.74) is 1.05. The Hall–Kier alpha value is -1.32. The summed E-state index contributed by atoms with van der Waals surface area (Å²) in [5.74, 6) is -0.0621. The average molecular weight is 322 g/mol. The van der Waals surface area contributed by atoms with E-state index in [1.54, 1.807) is 0 Å². The van der Waals surface area contributed by atoms with Gasteiger partial charge in [-0.15, -0.1) is 0 Å². The maximum absolute atomic E-state index is 11.6. The van der Waals surface area contributed by atoms with Gasteiger partial charge in [-0.3, -0.25) is 9.59 Å². The summed E-state index contributed by atoms with van der Waals surface area (Å²) in [5, 5.41) is 0. The van der Waals surface area contributed by atoms with Crippen molar-refractivity contribution in [1.82, 2.24) is 0 Å². The highest BCUT2D eigenvalue weighted by Crippen LogP contribution is 2.61. The van der Waals surface area contributed by atoms with Crippen LogP contribution in [0.5, 0.6) is 0 Å². The van der Waals surface area contributed by atoms with Crippen LogP contribution in [-0.4, -0.2) is 24.6 Å². The average Bonchev–Trinajstić information content (AvgIpc) is 2.40. The SMILES string of the molecule is C=C1CC[C@H]2C(C)(C)CC[C@H](OC(C)=O)[C@]2(C)[C@H]1COC(C)=O. The van der Waals surface area contributed by atoms with Crippen molar-refractivity contribution in [3.8, 4) is 0 Å². The van der Waals surface area contributed by atoms with Crippen LogP contribution in [0, 0.1) is 22.7 Å². The fraction of sp³-hybridized carbons (Fsp3) is 0.789. The fourth-order valence-corrected chi connectivity index (χ4v) is 5.05. The van der Waals surface area contributed by atoms with Gasteiger partial charge in [-0.2, -0.15) is 0 Å². The third-order valence-corrected chi connectivity index (χ3v) is 6.20. The third kappa shape index (κ3) is 3.31. The van der Waals surface area contributed by atoms with Crippen LogP contribution >= 0.6 is 0 Å². The lowest BCUT2D eigenvalue weighted by molar-refractivity contribution is -0.186. The number of carbonyl (C=O) groups excluding carboxylic acids is 2. The van der Waals surface area contributed by atoms with Gasteiger partial charge < -0.3 is 9.47 Å². The Morgan fingerprint density at radius 1 is 1.17 bits per heavy atom. The second-order valence-electron chi connectivity index (χ2n) is 8.10. The first-order valence-electron chi connectivity index (χ1n) is 8.57. The van der Waals surface area contributed by atoms with Crippen molar-refractivity contribution in [3.63, 3.8) is 0 Å². The van der Waals surface area contributed by atoms with Crippen molar-refractivity contribution in [2.24, 2.45) is 22.7 Å². The molecule has 2 rings (SSSR count). The highest BCUT2D eigenvalue weighted by molar-refractivity contribution is 5.66. The van der Waals surface area contributed by atoms with Gasteiger partial charge in [0.1, 0.15) is 6.10 Å². The molecule has 2 fully saturated rings. The molecule has 0 amide bonds. The lowest BCUT2D eigenvalue weighted by atomic mass is 9.46. The Morgan fingerprint density at radius 2 is 1.83 bits per heavy atom. The molecule has 23 heavy (non-hydrogen) atoms. The molecule has 0 radical (unpaired) electrons. The van der Waals surface area contributed by atoms with E-state index in [9.17, 15) is 9.59 Å². The normalized spacial score (nSPS) is 36.0. The van der Waals surface area contributed by atoms with E-state index in [-0.39, 0.29) is 34.8 Å². The lowest BCUT2D eigenvalue weighted by Crippen LogP contribution is -2.58. The van der Waals surface area contributed by atoms with E-state index >= 15 is 0 Å². The van der Waals surface area contributed by atoms with Gasteiger partial charge in [0.25, 0.3) is 0 Å². The highest BCUT2D eigenvalue weighted by Gasteiger charge is 2.59. The largest absolute Gasteiger partial charge is 0.465 e. The molecule has 0 spiro atoms. The molecule has 0 unspecified atom stereocenters. The maximum Gasteiger partial charge on any atom is 0.302 e. The van der Waals surface area contributed by atoms with Crippen molar-refractivity contribution in [2.75, 3.05) is 6.61 Å². The number of rotatable bonds is 3. The first-order valence-corrected chi connectivity index (χ1v) is 8.57. The number of esters is 2. The zero-order valence-electron chi connectivity index (χ0n) is 15.1. The van der Waals surface area contributed by atoms with Crippen LogP contribution in [0.15, 0.2) is 12.2 Å². The van der Waals surface area contributed by atoms with Gasteiger partial charge in [-0.05, 0) is 37.0 Å². The Bertz CT molecular complexity index is 507. The summed E-state index contributed by atoms with van der Waals surface area (Å²) in [6.07, 6.45) is 3.75. The molecule has 0 aliphatic heterocycles. The molecular formula is C19H30O4. The Kier molecular flexibility index (Phi) is 4.93. The van der Waals surface area contributed by atoms with Gasteiger partial charge in [0.2, 0.25) is 0 Å². The monoisotopic (exact) mass is 322 g/mol. The summed E-state index contributed by atoms with van der Waals surface area (Å²) in [6.45, 7) is 14.3. The van der Waals surface area contributed by atoms with Gasteiger partial charge in [0, 0.05) is 25.2 Å². The molecule has 0 aromatic carbocycles. The minimum atomic E-state index is -0.275. The van der Waals surface area contributed by atoms with Crippen LogP contribution in [-0.2, 0) is 19.1 Å². The zero-order chi connectivity index (χ0) is 17.4. The molecule has 4 nitrogen and oxygen atoms in total. The van der Waals surface area contributed by atoms with E-state index in [1.165, 1.54) is 13.8 Å². The molecule has 0 aromatic rings. The molecular weight excluding hydrogens is 292 g/mol. The number of ether oxygens (including phenoxy) is 2. The number of carbonyl (C=O) groups is 2. The van der Waals surface area contributed by atoms with Crippen molar-refractivity contribution >= 4 is 11.9 Å². The second kappa shape index (κ2) is 6.29. The molecule has 0 N–H and O–H groups in total. The minimum absolute atomic E-state index is 0.0362. The molecule has 2 aliphatic carbocycles. The molecule has 0 heterocycles. The quantitative estimate of drug-likeness (QED) is 0.584. The molecule has 130 valence electrons. The van der Waals surface area contributed by atoms with Crippen molar-refractivity contribution in [1.29, 1.82) is 0 Å². The highest BCUT2D eigenvalue weighted by atomic mass is 16.5. The fourth-order valence-electron chi connectivity index (χ4n) is 5.05. The van der Waals surface area contributed by atoms with E-state index in [1.807, 2.05) is 0 Å². The van der Waals surface area contributed by atoms with Crippen LogP contribution in [0.3, 0.4) is 0 Å². The van der Waals surface area contributed by atoms with Crippen LogP contribution in [0.4, 0.5) is 0 Å². The molecule has 0 aromatic heterocycles. The first kappa shape index (κ1) is 18.0. The van der Waals surface area contributed by atoms with Crippen LogP contribution in [0.25, 0.3) is 0 Å². The van der Waals surface area contributed by atoms with E-state index in [4.69, 9.17) is 9.47 Å². The smallest absolute Gasteiger partial charge is 0.302 e. The van der Waals surface area contributed by atoms with Gasteiger partial charge in [0.05, 0.1) is 6.61 Å². The second-order valence-corrected chi connectivity index (χ2v) is 8.10. The van der Waals surface area contributed by atoms with Crippen LogP contribution in [0.1, 0.15) is 60.3 Å². The van der Waals surface area contributed by atoms with Crippen LogP contribution in [0.2, 0.25) is 0 Å². The topological polar surface area (TPSA) is 52.6 Å². The number of fused-ring (bicyclic) bond motifs is 1. The lowest BCUT2D eigenvalue weighted by Gasteiger charge is -2.60. The van der Waals surface area contributed by atoms with Gasteiger partial charge in [0.15, 0.2) is 0 Å². The predicted octanol–water partition coefficient (Wildman–Crippen LogP) is 3.89. The van der Waals surface area contributed by atoms with Gasteiger partial charge >= 0.3 is 11.9 Å². The summed E-state index contributed by atoms with van der Waals surface area (Å²) in [7, 11) is 0. The maximum atomic E-state index is 11.6. The molecule has 2 aliphatic rings. The number of hydrogen-bond donors (Lipinski definition) is 0. The Morgan fingerprint density at radius 3 is 2.39 bits per heavy atom. The van der Waals surface area contributed by atoms with Crippen molar-refractivity contribution < 1.29 is 19.1 Å². The van der Waals surface area contributed by atoms with Crippen molar-refractivity contribution in [3.05, 3.63) is 12.2 Å². The Labute approximate surface area is 139 Å². The Balaban J connectivity index is 2.40. The summed E-state index contributed by atoms with van der Waals surface area (Å²) < 4.78 is 11.1. The van der Waals surface area contributed by atoms with E-state index in [0.29, 0.717) is 12.5 Å². The van der Waals surface area contributed by atoms with Gasteiger partial charge in [-0.25, -0.2) is 0 Å². The van der Waals surface area contributed by atoms with Crippen LogP contribution < -0.4 is 0 Å². The summed E-state index contributed by atoms with van der Waals surface area (Å²) in [4.78, 5) is 22.9. The molecule has 2 saturated carbocycles. The van der Waals surface area contributed by atoms with Gasteiger partial charge in [-0.1, -0.05) is 32.9 Å². The van der Waals surface area contributed by atoms with Crippen molar-refractivity contribution in [2.45, 2.75) is 66.4 Å². The number of hydrogen-bond acceptors (Lipinski definition) is 4. The zero-order valence-corrected chi connectivity index (χ0v) is 15.1. The third-order valence-electron chi connectivity index (χ3n) is 6.20. The molecule has 4 heteroatoms. The first-order chi connectivity index (χ1) is 10.6. The van der Waals surface area contributed by atoms with E-state index in [2.05, 4.69) is 27.4 Å². The molecule has 4 atom stereocenters. The minimum Gasteiger partial charge on any atom is -0.465 e. The van der Waals surface area contributed by atoms with E-state index < -0.39 is 0 Å². The molecule has 0 bridgehead atoms. The summed E-state index contributed by atoms with van der Waals surface area (Å²) >= 11 is 0. The van der Waals surface area contributed by atoms with E-state index in [0.717, 1.165) is 31.3 Å². The molecule has 0 saturated heterocycles. The standard InChI is InChI=1S/C19H30O4/c1-12-7-8-16-18(4,5)10-9-17(23-14(3)21)19(16,6)15(12)11-22-13(2)20/h15-17H,1,7-11H2,2-6H3/t15-,16-,17-,19+/m0/s1.